The molecule has 0 aromatic carbocycles. The van der Waals surface area contributed by atoms with Gasteiger partial charge in [-0.15, -0.1) is 0 Å². The van der Waals surface area contributed by atoms with E-state index < -0.39 is 5.97 Å². The van der Waals surface area contributed by atoms with Crippen molar-refractivity contribution in [1.29, 1.82) is 5.26 Å². The molecule has 0 spiro atoms. The molecule has 3 heterocycles. The summed E-state index contributed by atoms with van der Waals surface area (Å²) in [4.78, 5) is 20.4. The van der Waals surface area contributed by atoms with Crippen molar-refractivity contribution >= 4 is 5.97 Å². The number of carbonyl (C=O) groups excluding carboxylic acids is 1. The molecule has 0 bridgehead atoms. The van der Waals surface area contributed by atoms with E-state index in [4.69, 9.17) is 4.74 Å². The quantitative estimate of drug-likeness (QED) is 0.694. The maximum absolute atomic E-state index is 11.9. The molecule has 0 amide bonds. The van der Waals surface area contributed by atoms with Crippen LogP contribution < -0.4 is 0 Å². The first-order valence-electron chi connectivity index (χ1n) is 7.24. The Kier molecular flexibility index (Phi) is 4.08. The topological polar surface area (TPSA) is 80.8 Å². The summed E-state index contributed by atoms with van der Waals surface area (Å²) < 4.78 is 6.40. The monoisotopic (exact) mass is 318 g/mol. The Morgan fingerprint density at radius 1 is 1.33 bits per heavy atom. The number of esters is 1. The molecule has 0 aliphatic rings. The fourth-order valence-corrected chi connectivity index (χ4v) is 2.54. The van der Waals surface area contributed by atoms with Gasteiger partial charge in [0.15, 0.2) is 5.69 Å². The van der Waals surface area contributed by atoms with Gasteiger partial charge >= 0.3 is 5.97 Å². The van der Waals surface area contributed by atoms with E-state index in [-0.39, 0.29) is 5.69 Å². The number of aromatic nitrogens is 3. The number of nitriles is 1. The lowest BCUT2D eigenvalue weighted by molar-refractivity contribution is 0.0591. The van der Waals surface area contributed by atoms with Crippen molar-refractivity contribution in [1.82, 2.24) is 14.5 Å². The predicted molar refractivity (Wildman–Crippen MR) is 87.6 cm³/mol. The molecule has 0 radical (unpaired) electrons. The normalized spacial score (nSPS) is 10.2. The van der Waals surface area contributed by atoms with E-state index in [9.17, 15) is 10.1 Å². The third kappa shape index (κ3) is 2.63. The minimum Gasteiger partial charge on any atom is -0.464 e. The molecule has 0 atom stereocenters. The van der Waals surface area contributed by atoms with Gasteiger partial charge in [-0.2, -0.15) is 5.26 Å². The van der Waals surface area contributed by atoms with Crippen molar-refractivity contribution in [2.75, 3.05) is 7.11 Å². The molecule has 0 saturated carbocycles. The molecule has 3 rings (SSSR count). The predicted octanol–water partition coefficient (Wildman–Crippen LogP) is 2.90. The third-order valence-electron chi connectivity index (χ3n) is 3.67. The SMILES string of the molecule is COC(=O)c1cccn1-c1cc(-c2cccnc2)c(C)nc1C#N. The summed E-state index contributed by atoms with van der Waals surface area (Å²) in [7, 11) is 1.32. The van der Waals surface area contributed by atoms with Crippen LogP contribution in [0.5, 0.6) is 0 Å². The van der Waals surface area contributed by atoms with E-state index in [0.29, 0.717) is 11.4 Å². The Morgan fingerprint density at radius 2 is 2.17 bits per heavy atom. The minimum absolute atomic E-state index is 0.237. The molecule has 118 valence electrons. The van der Waals surface area contributed by atoms with Crippen LogP contribution in [-0.2, 0) is 4.74 Å². The van der Waals surface area contributed by atoms with Crippen LogP contribution in [0.15, 0.2) is 48.9 Å². The second kappa shape index (κ2) is 6.34. The first-order chi connectivity index (χ1) is 11.7. The van der Waals surface area contributed by atoms with Crippen LogP contribution in [0, 0.1) is 18.3 Å². The highest BCUT2D eigenvalue weighted by Gasteiger charge is 2.17. The molecule has 24 heavy (non-hydrogen) atoms. The van der Waals surface area contributed by atoms with Crippen molar-refractivity contribution in [3.8, 4) is 22.9 Å². The maximum atomic E-state index is 11.9. The highest BCUT2D eigenvalue weighted by Crippen LogP contribution is 2.27. The summed E-state index contributed by atoms with van der Waals surface area (Å²) >= 11 is 0. The van der Waals surface area contributed by atoms with Crippen molar-refractivity contribution in [3.05, 3.63) is 66.0 Å². The summed E-state index contributed by atoms with van der Waals surface area (Å²) in [6.45, 7) is 1.84. The molecule has 0 aliphatic heterocycles. The van der Waals surface area contributed by atoms with Gasteiger partial charge in [0.2, 0.25) is 0 Å². The minimum atomic E-state index is -0.479. The Hall–Kier alpha value is -3.46. The van der Waals surface area contributed by atoms with Gasteiger partial charge in [-0.05, 0) is 31.2 Å². The van der Waals surface area contributed by atoms with E-state index in [0.717, 1.165) is 16.8 Å². The Morgan fingerprint density at radius 3 is 2.83 bits per heavy atom. The number of ether oxygens (including phenoxy) is 1. The van der Waals surface area contributed by atoms with Gasteiger partial charge in [0.25, 0.3) is 0 Å². The smallest absolute Gasteiger partial charge is 0.355 e. The zero-order valence-corrected chi connectivity index (χ0v) is 13.2. The van der Waals surface area contributed by atoms with E-state index >= 15 is 0 Å². The molecule has 0 saturated heterocycles. The standard InChI is InChI=1S/C18H14N4O2/c1-12-14(13-5-3-7-20-11-13)9-17(15(10-19)21-12)22-8-4-6-16(22)18(23)24-2/h3-9,11H,1-2H3. The fourth-order valence-electron chi connectivity index (χ4n) is 2.54. The van der Waals surface area contributed by atoms with E-state index in [1.807, 2.05) is 25.1 Å². The first-order valence-corrected chi connectivity index (χ1v) is 7.24. The zero-order valence-electron chi connectivity index (χ0n) is 13.2. The van der Waals surface area contributed by atoms with Crippen LogP contribution in [-0.4, -0.2) is 27.6 Å². The lowest BCUT2D eigenvalue weighted by atomic mass is 10.0. The van der Waals surface area contributed by atoms with E-state index in [1.54, 1.807) is 35.3 Å². The first kappa shape index (κ1) is 15.4. The average Bonchev–Trinajstić information content (AvgIpc) is 3.11. The highest BCUT2D eigenvalue weighted by atomic mass is 16.5. The Balaban J connectivity index is 2.24. The van der Waals surface area contributed by atoms with Gasteiger partial charge in [0.1, 0.15) is 11.8 Å². The van der Waals surface area contributed by atoms with Crippen molar-refractivity contribution in [3.63, 3.8) is 0 Å². The second-order valence-electron chi connectivity index (χ2n) is 5.10. The molecule has 6 nitrogen and oxygen atoms in total. The lowest BCUT2D eigenvalue weighted by Crippen LogP contribution is -2.11. The van der Waals surface area contributed by atoms with Crippen LogP contribution in [0.4, 0.5) is 0 Å². The summed E-state index contributed by atoms with van der Waals surface area (Å²) in [6.07, 6.45) is 5.13. The van der Waals surface area contributed by atoms with Crippen molar-refractivity contribution < 1.29 is 9.53 Å². The summed E-state index contributed by atoms with van der Waals surface area (Å²) in [5.41, 5.74) is 3.54. The highest BCUT2D eigenvalue weighted by molar-refractivity contribution is 5.88. The van der Waals surface area contributed by atoms with E-state index in [1.165, 1.54) is 7.11 Å². The van der Waals surface area contributed by atoms with Crippen LogP contribution in [0.3, 0.4) is 0 Å². The Labute approximate surface area is 139 Å². The number of nitrogens with zero attached hydrogens (tertiary/aromatic N) is 4. The van der Waals surface area contributed by atoms with Gasteiger partial charge in [-0.25, -0.2) is 9.78 Å². The molecular weight excluding hydrogens is 304 g/mol. The average molecular weight is 318 g/mol. The number of pyridine rings is 2. The van der Waals surface area contributed by atoms with Crippen molar-refractivity contribution in [2.45, 2.75) is 6.92 Å². The van der Waals surface area contributed by atoms with Gasteiger partial charge in [0.05, 0.1) is 12.8 Å². The fraction of sp³-hybridized carbons (Fsp3) is 0.111. The summed E-state index contributed by atoms with van der Waals surface area (Å²) in [5, 5.41) is 9.44. The number of methoxy groups -OCH3 is 1. The summed E-state index contributed by atoms with van der Waals surface area (Å²) in [6, 6.07) is 11.0. The molecule has 0 N–H and O–H groups in total. The van der Waals surface area contributed by atoms with Gasteiger partial charge < -0.3 is 9.30 Å². The van der Waals surface area contributed by atoms with Crippen LogP contribution in [0.25, 0.3) is 16.8 Å². The second-order valence-corrected chi connectivity index (χ2v) is 5.10. The molecule has 0 unspecified atom stereocenters. The molecular formula is C18H14N4O2. The van der Waals surface area contributed by atoms with Crippen LogP contribution in [0.1, 0.15) is 21.9 Å². The van der Waals surface area contributed by atoms with Gasteiger partial charge in [-0.3, -0.25) is 4.98 Å². The number of carbonyl (C=O) groups is 1. The third-order valence-corrected chi connectivity index (χ3v) is 3.67. The van der Waals surface area contributed by atoms with Gasteiger partial charge in [-0.1, -0.05) is 6.07 Å². The number of hydrogen-bond acceptors (Lipinski definition) is 5. The molecule has 3 aromatic rings. The summed E-state index contributed by atoms with van der Waals surface area (Å²) in [5.74, 6) is -0.479. The number of rotatable bonds is 3. The van der Waals surface area contributed by atoms with Crippen molar-refractivity contribution in [2.24, 2.45) is 0 Å². The number of aryl methyl sites for hydroxylation is 1. The van der Waals surface area contributed by atoms with Crippen LogP contribution >= 0.6 is 0 Å². The van der Waals surface area contributed by atoms with Gasteiger partial charge in [0, 0.05) is 35.4 Å². The van der Waals surface area contributed by atoms with E-state index in [2.05, 4.69) is 16.0 Å². The molecule has 0 aliphatic carbocycles. The Bertz CT molecular complexity index is 939. The lowest BCUT2D eigenvalue weighted by Gasteiger charge is -2.13. The molecule has 6 heteroatoms. The van der Waals surface area contributed by atoms with Crippen LogP contribution in [0.2, 0.25) is 0 Å². The molecule has 0 fully saturated rings. The molecule has 3 aromatic heterocycles. The zero-order chi connectivity index (χ0) is 17.1. The number of hydrogen-bond donors (Lipinski definition) is 0. The largest absolute Gasteiger partial charge is 0.464 e. The maximum Gasteiger partial charge on any atom is 0.355 e.